The van der Waals surface area contributed by atoms with Gasteiger partial charge in [0, 0.05) is 31.6 Å². The summed E-state index contributed by atoms with van der Waals surface area (Å²) in [5, 5.41) is 3.37. The maximum atomic E-state index is 12.3. The van der Waals surface area contributed by atoms with E-state index in [-0.39, 0.29) is 18.2 Å². The molecule has 0 bridgehead atoms. The number of hydrogen-bond donors (Lipinski definition) is 1. The number of nitrogens with one attached hydrogen (secondary N) is 1. The molecule has 5 nitrogen and oxygen atoms in total. The quantitative estimate of drug-likeness (QED) is 0.739. The molecule has 144 valence electrons. The lowest BCUT2D eigenvalue weighted by Crippen LogP contribution is -2.62. The summed E-state index contributed by atoms with van der Waals surface area (Å²) in [6, 6.07) is 0.0699. The van der Waals surface area contributed by atoms with Crippen LogP contribution in [0.2, 0.25) is 0 Å². The smallest absolute Gasteiger partial charge is 0.444 e. The van der Waals surface area contributed by atoms with Gasteiger partial charge in [-0.25, -0.2) is 4.79 Å². The molecule has 0 aromatic heterocycles. The van der Waals surface area contributed by atoms with Crippen molar-refractivity contribution in [3.8, 4) is 0 Å². The highest BCUT2D eigenvalue weighted by Gasteiger charge is 2.35. The van der Waals surface area contributed by atoms with Crippen LogP contribution < -0.4 is 5.32 Å². The van der Waals surface area contributed by atoms with E-state index in [1.165, 1.54) is 0 Å². The van der Waals surface area contributed by atoms with Crippen molar-refractivity contribution >= 4 is 18.1 Å². The van der Waals surface area contributed by atoms with Crippen LogP contribution >= 0.6 is 12.0 Å². The van der Waals surface area contributed by atoms with Crippen LogP contribution in [0.1, 0.15) is 46.5 Å². The number of allylic oxidation sites excluding steroid dienone is 1. The number of alkyl halides is 3. The summed E-state index contributed by atoms with van der Waals surface area (Å²) in [5.41, 5.74) is -4.93. The van der Waals surface area contributed by atoms with Crippen LogP contribution in [0, 0.1) is 0 Å². The number of carbonyl (C=O) groups excluding carboxylic acids is 1. The molecular weight excluding hydrogens is 357 g/mol. The Kier molecular flexibility index (Phi) is 6.53. The summed E-state index contributed by atoms with van der Waals surface area (Å²) in [7, 11) is 0. The standard InChI is InChI=1S/C16H25F3N2O3S/c1-15(2,3)23-14(22)21-9-12(10-21)20-11-6-4-5-7-13(8-11)24-25-16(17,18)19/h8,11-12,20H,4-7,9-10H2,1-3H3. The van der Waals surface area contributed by atoms with E-state index in [2.05, 4.69) is 5.32 Å². The van der Waals surface area contributed by atoms with E-state index in [1.54, 1.807) is 11.0 Å². The fraction of sp³-hybridized carbons (Fsp3) is 0.812. The van der Waals surface area contributed by atoms with Crippen LogP contribution in [-0.4, -0.2) is 47.3 Å². The van der Waals surface area contributed by atoms with E-state index in [0.29, 0.717) is 25.3 Å². The molecule has 2 aliphatic rings. The van der Waals surface area contributed by atoms with Gasteiger partial charge in [0.2, 0.25) is 0 Å². The molecule has 2 rings (SSSR count). The first-order valence-electron chi connectivity index (χ1n) is 8.39. The summed E-state index contributed by atoms with van der Waals surface area (Å²) in [4.78, 5) is 13.5. The molecule has 9 heteroatoms. The SMILES string of the molecule is CC(C)(C)OC(=O)N1CC(NC2C=C(OSC(F)(F)F)CCCC2)C1. The molecule has 1 aliphatic heterocycles. The first kappa shape index (κ1) is 20.2. The third-order valence-electron chi connectivity index (χ3n) is 3.80. The van der Waals surface area contributed by atoms with Crippen molar-refractivity contribution in [3.05, 3.63) is 11.8 Å². The van der Waals surface area contributed by atoms with Crippen molar-refractivity contribution in [1.82, 2.24) is 10.2 Å². The van der Waals surface area contributed by atoms with E-state index in [9.17, 15) is 18.0 Å². The van der Waals surface area contributed by atoms with Crippen molar-refractivity contribution in [2.75, 3.05) is 13.1 Å². The molecule has 1 saturated heterocycles. The van der Waals surface area contributed by atoms with Crippen LogP contribution in [0.5, 0.6) is 0 Å². The highest BCUT2D eigenvalue weighted by molar-refractivity contribution is 7.95. The van der Waals surface area contributed by atoms with Crippen molar-refractivity contribution in [1.29, 1.82) is 0 Å². The Bertz CT molecular complexity index is 500. The summed E-state index contributed by atoms with van der Waals surface area (Å²) in [5.74, 6) is 0.362. The van der Waals surface area contributed by atoms with E-state index in [4.69, 9.17) is 8.92 Å². The minimum Gasteiger partial charge on any atom is -0.444 e. The Morgan fingerprint density at radius 2 is 1.96 bits per heavy atom. The monoisotopic (exact) mass is 382 g/mol. The van der Waals surface area contributed by atoms with Crippen LogP contribution in [0.3, 0.4) is 0 Å². The Morgan fingerprint density at radius 1 is 1.28 bits per heavy atom. The predicted octanol–water partition coefficient (Wildman–Crippen LogP) is 4.21. The second kappa shape index (κ2) is 8.07. The van der Waals surface area contributed by atoms with Gasteiger partial charge in [-0.3, -0.25) is 0 Å². The highest BCUT2D eigenvalue weighted by atomic mass is 32.2. The van der Waals surface area contributed by atoms with Crippen LogP contribution in [0.15, 0.2) is 11.8 Å². The average molecular weight is 382 g/mol. The second-order valence-electron chi connectivity index (χ2n) is 7.35. The average Bonchev–Trinajstić information content (AvgIpc) is 2.62. The number of amides is 1. The topological polar surface area (TPSA) is 50.8 Å². The minimum atomic E-state index is -4.40. The van der Waals surface area contributed by atoms with Gasteiger partial charge >= 0.3 is 11.6 Å². The third kappa shape index (κ3) is 7.35. The van der Waals surface area contributed by atoms with E-state index < -0.39 is 23.2 Å². The summed E-state index contributed by atoms with van der Waals surface area (Å²) < 4.78 is 46.9. The normalized spacial score (nSPS) is 22.7. The Morgan fingerprint density at radius 3 is 2.56 bits per heavy atom. The van der Waals surface area contributed by atoms with Crippen LogP contribution in [-0.2, 0) is 8.92 Å². The third-order valence-corrected chi connectivity index (χ3v) is 4.29. The molecule has 1 atom stereocenters. The fourth-order valence-electron chi connectivity index (χ4n) is 2.72. The number of likely N-dealkylation sites (tertiary alicyclic amines) is 1. The lowest BCUT2D eigenvalue weighted by Gasteiger charge is -2.41. The number of rotatable bonds is 4. The number of nitrogens with zero attached hydrogens (tertiary/aromatic N) is 1. The number of carbonyl (C=O) groups is 1. The number of hydrogen-bond acceptors (Lipinski definition) is 5. The van der Waals surface area contributed by atoms with Gasteiger partial charge in [-0.1, -0.05) is 6.42 Å². The molecular formula is C16H25F3N2O3S. The molecule has 1 N–H and O–H groups in total. The Hall–Kier alpha value is -1.09. The van der Waals surface area contributed by atoms with Crippen LogP contribution in [0.25, 0.3) is 0 Å². The predicted molar refractivity (Wildman–Crippen MR) is 89.8 cm³/mol. The first-order valence-corrected chi connectivity index (χ1v) is 9.13. The number of ether oxygens (including phenoxy) is 1. The van der Waals surface area contributed by atoms with Crippen molar-refractivity contribution in [2.24, 2.45) is 0 Å². The van der Waals surface area contributed by atoms with Crippen LogP contribution in [0.4, 0.5) is 18.0 Å². The molecule has 1 amide bonds. The van der Waals surface area contributed by atoms with Gasteiger partial charge in [0.05, 0.1) is 0 Å². The molecule has 1 aliphatic carbocycles. The van der Waals surface area contributed by atoms with Crippen molar-refractivity contribution < 1.29 is 26.9 Å². The van der Waals surface area contributed by atoms with E-state index >= 15 is 0 Å². The van der Waals surface area contributed by atoms with Gasteiger partial charge in [0.25, 0.3) is 0 Å². The van der Waals surface area contributed by atoms with Gasteiger partial charge in [0.15, 0.2) is 12.0 Å². The van der Waals surface area contributed by atoms with Gasteiger partial charge in [-0.15, -0.1) is 0 Å². The molecule has 1 heterocycles. The zero-order valence-electron chi connectivity index (χ0n) is 14.7. The van der Waals surface area contributed by atoms with E-state index in [1.807, 2.05) is 20.8 Å². The lowest BCUT2D eigenvalue weighted by atomic mass is 10.1. The first-order chi connectivity index (χ1) is 11.5. The number of halogens is 3. The molecule has 1 unspecified atom stereocenters. The fourth-order valence-corrected chi connectivity index (χ4v) is 3.06. The molecule has 1 fully saturated rings. The summed E-state index contributed by atoms with van der Waals surface area (Å²) in [6.07, 6.45) is 4.47. The maximum Gasteiger partial charge on any atom is 0.479 e. The van der Waals surface area contributed by atoms with Gasteiger partial charge in [0.1, 0.15) is 11.4 Å². The molecule has 0 saturated carbocycles. The summed E-state index contributed by atoms with van der Waals surface area (Å²) in [6.45, 7) is 6.52. The van der Waals surface area contributed by atoms with Gasteiger partial charge < -0.3 is 19.1 Å². The lowest BCUT2D eigenvalue weighted by molar-refractivity contribution is -0.0385. The molecule has 0 aromatic carbocycles. The highest BCUT2D eigenvalue weighted by Crippen LogP contribution is 2.34. The van der Waals surface area contributed by atoms with Crippen molar-refractivity contribution in [3.63, 3.8) is 0 Å². The molecule has 25 heavy (non-hydrogen) atoms. The second-order valence-corrected chi connectivity index (χ2v) is 8.14. The van der Waals surface area contributed by atoms with Crippen molar-refractivity contribution in [2.45, 2.75) is 69.6 Å². The Labute approximate surface area is 150 Å². The molecule has 0 radical (unpaired) electrons. The summed E-state index contributed by atoms with van der Waals surface area (Å²) >= 11 is -0.466. The molecule has 0 spiro atoms. The van der Waals surface area contributed by atoms with E-state index in [0.717, 1.165) is 19.3 Å². The Balaban J connectivity index is 1.79. The zero-order chi connectivity index (χ0) is 18.7. The molecule has 0 aromatic rings. The largest absolute Gasteiger partial charge is 0.479 e. The minimum absolute atomic E-state index is 0.0443. The zero-order valence-corrected chi connectivity index (χ0v) is 15.5. The van der Waals surface area contributed by atoms with Gasteiger partial charge in [-0.05, 0) is 39.7 Å². The van der Waals surface area contributed by atoms with Gasteiger partial charge in [-0.2, -0.15) is 13.2 Å². The maximum absolute atomic E-state index is 12.3.